The minimum Gasteiger partial charge on any atom is -0.350 e. The molecule has 1 aliphatic heterocycles. The van der Waals surface area contributed by atoms with E-state index in [1.165, 1.54) is 6.92 Å². The van der Waals surface area contributed by atoms with Crippen molar-refractivity contribution in [2.45, 2.75) is 37.8 Å². The normalized spacial score (nSPS) is 24.6. The fourth-order valence-electron chi connectivity index (χ4n) is 1.31. The fourth-order valence-corrected chi connectivity index (χ4v) is 1.31. The Labute approximate surface area is 80.4 Å². The molecule has 1 aliphatic rings. The van der Waals surface area contributed by atoms with Gasteiger partial charge in [0.1, 0.15) is 6.04 Å². The predicted molar refractivity (Wildman–Crippen MR) is 43.6 cm³/mol. The molecule has 0 amide bonds. The highest BCUT2D eigenvalue weighted by molar-refractivity contribution is 4.79. The quantitative estimate of drug-likeness (QED) is 0.754. The van der Waals surface area contributed by atoms with Gasteiger partial charge in [-0.25, -0.2) is 0 Å². The first-order valence-corrected chi connectivity index (χ1v) is 4.44. The average molecular weight is 213 g/mol. The number of rotatable bonds is 2. The molecule has 0 aromatic carbocycles. The van der Waals surface area contributed by atoms with Gasteiger partial charge >= 0.3 is 6.18 Å². The minimum absolute atomic E-state index is 0.365. The third kappa shape index (κ3) is 3.11. The van der Waals surface area contributed by atoms with Crippen molar-refractivity contribution in [3.8, 4) is 0 Å². The van der Waals surface area contributed by atoms with Gasteiger partial charge in [0.15, 0.2) is 5.79 Å². The molecule has 0 spiro atoms. The molecule has 14 heavy (non-hydrogen) atoms. The van der Waals surface area contributed by atoms with Crippen LogP contribution in [0.4, 0.5) is 13.2 Å². The molecule has 2 N–H and O–H groups in total. The van der Waals surface area contributed by atoms with Crippen LogP contribution >= 0.6 is 0 Å². The topological polar surface area (TPSA) is 44.5 Å². The van der Waals surface area contributed by atoms with Crippen LogP contribution in [0.3, 0.4) is 0 Å². The second-order valence-electron chi connectivity index (χ2n) is 3.54. The average Bonchev–Trinajstić information content (AvgIpc) is 2.02. The van der Waals surface area contributed by atoms with E-state index in [2.05, 4.69) is 0 Å². The Morgan fingerprint density at radius 3 is 2.29 bits per heavy atom. The van der Waals surface area contributed by atoms with Gasteiger partial charge in [-0.1, -0.05) is 0 Å². The summed E-state index contributed by atoms with van der Waals surface area (Å²) < 4.78 is 46.7. The van der Waals surface area contributed by atoms with Gasteiger partial charge in [0.2, 0.25) is 0 Å². The van der Waals surface area contributed by atoms with Crippen LogP contribution in [0, 0.1) is 0 Å². The Hall–Kier alpha value is -0.330. The van der Waals surface area contributed by atoms with Gasteiger partial charge in [-0.15, -0.1) is 0 Å². The first kappa shape index (κ1) is 11.7. The van der Waals surface area contributed by atoms with Crippen molar-refractivity contribution in [1.82, 2.24) is 0 Å². The third-order valence-corrected chi connectivity index (χ3v) is 2.11. The van der Waals surface area contributed by atoms with Crippen LogP contribution in [-0.4, -0.2) is 31.2 Å². The zero-order valence-electron chi connectivity index (χ0n) is 7.93. The maximum atomic E-state index is 12.1. The minimum atomic E-state index is -4.40. The van der Waals surface area contributed by atoms with E-state index in [0.29, 0.717) is 19.6 Å². The van der Waals surface area contributed by atoms with E-state index in [0.717, 1.165) is 0 Å². The summed E-state index contributed by atoms with van der Waals surface area (Å²) in [5, 5.41) is 0. The Morgan fingerprint density at radius 2 is 1.86 bits per heavy atom. The highest BCUT2D eigenvalue weighted by atomic mass is 19.4. The molecule has 1 atom stereocenters. The lowest BCUT2D eigenvalue weighted by molar-refractivity contribution is -0.273. The second-order valence-corrected chi connectivity index (χ2v) is 3.54. The molecule has 6 heteroatoms. The fraction of sp³-hybridized carbons (Fsp3) is 1.00. The SMILES string of the molecule is CC1(C[C@H](N)C(F)(F)F)OCCCO1. The summed E-state index contributed by atoms with van der Waals surface area (Å²) in [4.78, 5) is 0. The Morgan fingerprint density at radius 1 is 1.36 bits per heavy atom. The summed E-state index contributed by atoms with van der Waals surface area (Å²) in [6, 6.07) is -1.90. The molecular weight excluding hydrogens is 199 g/mol. The van der Waals surface area contributed by atoms with Crippen molar-refractivity contribution in [1.29, 1.82) is 0 Å². The van der Waals surface area contributed by atoms with Crippen LogP contribution in [0.2, 0.25) is 0 Å². The Bertz CT molecular complexity index is 190. The van der Waals surface area contributed by atoms with E-state index in [-0.39, 0.29) is 6.42 Å². The molecule has 0 unspecified atom stereocenters. The molecule has 1 fully saturated rings. The second kappa shape index (κ2) is 4.04. The maximum Gasteiger partial charge on any atom is 0.403 e. The van der Waals surface area contributed by atoms with E-state index in [4.69, 9.17) is 15.2 Å². The van der Waals surface area contributed by atoms with Crippen LogP contribution < -0.4 is 5.73 Å². The molecule has 1 rings (SSSR count). The molecule has 0 radical (unpaired) electrons. The van der Waals surface area contributed by atoms with Crippen LogP contribution in [0.5, 0.6) is 0 Å². The number of ether oxygens (including phenoxy) is 2. The first-order chi connectivity index (χ1) is 6.33. The van der Waals surface area contributed by atoms with Crippen molar-refractivity contribution in [3.05, 3.63) is 0 Å². The smallest absolute Gasteiger partial charge is 0.350 e. The number of hydrogen-bond acceptors (Lipinski definition) is 3. The van der Waals surface area contributed by atoms with Gasteiger partial charge in [0.05, 0.1) is 13.2 Å². The zero-order valence-corrected chi connectivity index (χ0v) is 7.93. The Balaban J connectivity index is 2.49. The lowest BCUT2D eigenvalue weighted by Crippen LogP contribution is -2.48. The van der Waals surface area contributed by atoms with Gasteiger partial charge in [0, 0.05) is 6.42 Å². The van der Waals surface area contributed by atoms with Crippen molar-refractivity contribution in [2.75, 3.05) is 13.2 Å². The summed E-state index contributed by atoms with van der Waals surface area (Å²) in [7, 11) is 0. The summed E-state index contributed by atoms with van der Waals surface area (Å²) in [5.41, 5.74) is 4.98. The summed E-state index contributed by atoms with van der Waals surface area (Å²) >= 11 is 0. The molecule has 1 heterocycles. The summed E-state index contributed by atoms with van der Waals surface area (Å²) in [6.45, 7) is 2.32. The predicted octanol–water partition coefficient (Wildman–Crippen LogP) is 1.42. The van der Waals surface area contributed by atoms with Crippen molar-refractivity contribution < 1.29 is 22.6 Å². The monoisotopic (exact) mass is 213 g/mol. The highest BCUT2D eigenvalue weighted by Gasteiger charge is 2.43. The molecule has 84 valence electrons. The van der Waals surface area contributed by atoms with Crippen LogP contribution in [0.15, 0.2) is 0 Å². The third-order valence-electron chi connectivity index (χ3n) is 2.11. The molecule has 0 aromatic rings. The number of alkyl halides is 3. The molecule has 0 saturated carbocycles. The molecule has 0 aromatic heterocycles. The maximum absolute atomic E-state index is 12.1. The van der Waals surface area contributed by atoms with E-state index in [1.54, 1.807) is 0 Å². The van der Waals surface area contributed by atoms with Gasteiger partial charge in [-0.05, 0) is 13.3 Å². The standard InChI is InChI=1S/C8H14F3NO2/c1-7(13-3-2-4-14-7)5-6(12)8(9,10)11/h6H,2-5,12H2,1H3/t6-/m0/s1. The van der Waals surface area contributed by atoms with E-state index < -0.39 is 18.0 Å². The number of nitrogens with two attached hydrogens (primary N) is 1. The first-order valence-electron chi connectivity index (χ1n) is 4.44. The molecule has 1 saturated heterocycles. The molecular formula is C8H14F3NO2. The largest absolute Gasteiger partial charge is 0.403 e. The van der Waals surface area contributed by atoms with E-state index in [9.17, 15) is 13.2 Å². The molecule has 3 nitrogen and oxygen atoms in total. The number of hydrogen-bond donors (Lipinski definition) is 1. The number of halogens is 3. The summed E-state index contributed by atoms with van der Waals surface area (Å²) in [6.07, 6.45) is -4.06. The van der Waals surface area contributed by atoms with Crippen molar-refractivity contribution in [3.63, 3.8) is 0 Å². The van der Waals surface area contributed by atoms with Crippen LogP contribution in [0.25, 0.3) is 0 Å². The molecule has 0 bridgehead atoms. The highest BCUT2D eigenvalue weighted by Crippen LogP contribution is 2.29. The Kier molecular flexibility index (Phi) is 3.39. The van der Waals surface area contributed by atoms with E-state index >= 15 is 0 Å². The lowest BCUT2D eigenvalue weighted by Gasteiger charge is -2.36. The van der Waals surface area contributed by atoms with Gasteiger partial charge in [-0.3, -0.25) is 0 Å². The van der Waals surface area contributed by atoms with Crippen molar-refractivity contribution in [2.24, 2.45) is 5.73 Å². The zero-order chi connectivity index (χ0) is 10.8. The summed E-state index contributed by atoms with van der Waals surface area (Å²) in [5.74, 6) is -1.19. The van der Waals surface area contributed by atoms with Crippen molar-refractivity contribution >= 4 is 0 Å². The van der Waals surface area contributed by atoms with Gasteiger partial charge in [0.25, 0.3) is 0 Å². The van der Waals surface area contributed by atoms with Crippen LogP contribution in [0.1, 0.15) is 19.8 Å². The van der Waals surface area contributed by atoms with Crippen LogP contribution in [-0.2, 0) is 9.47 Å². The lowest BCUT2D eigenvalue weighted by atomic mass is 10.1. The van der Waals surface area contributed by atoms with Gasteiger partial charge in [-0.2, -0.15) is 13.2 Å². The molecule has 0 aliphatic carbocycles. The van der Waals surface area contributed by atoms with E-state index in [1.807, 2.05) is 0 Å². The van der Waals surface area contributed by atoms with Gasteiger partial charge < -0.3 is 15.2 Å².